The fraction of sp³-hybridized carbons (Fsp3) is 0.273. The van der Waals surface area contributed by atoms with Crippen LogP contribution in [0.4, 0.5) is 10.5 Å². The van der Waals surface area contributed by atoms with Gasteiger partial charge in [-0.2, -0.15) is 0 Å². The summed E-state index contributed by atoms with van der Waals surface area (Å²) in [5.41, 5.74) is 1.83. The van der Waals surface area contributed by atoms with Crippen molar-refractivity contribution in [2.24, 2.45) is 0 Å². The molecule has 2 aromatic carbocycles. The van der Waals surface area contributed by atoms with E-state index in [-0.39, 0.29) is 6.03 Å². The lowest BCUT2D eigenvalue weighted by molar-refractivity contribution is 0.247. The Bertz CT molecular complexity index is 938. The van der Waals surface area contributed by atoms with Crippen LogP contribution >= 0.6 is 11.6 Å². The first-order valence-corrected chi connectivity index (χ1v) is 9.92. The summed E-state index contributed by atoms with van der Waals surface area (Å²) in [4.78, 5) is 16.5. The first-order valence-electron chi connectivity index (χ1n) is 9.54. The second-order valence-corrected chi connectivity index (χ2v) is 7.39. The molecule has 3 rings (SSSR count). The zero-order valence-corrected chi connectivity index (χ0v) is 17.3. The lowest BCUT2D eigenvalue weighted by Crippen LogP contribution is -2.32. The van der Waals surface area contributed by atoms with Gasteiger partial charge in [0.2, 0.25) is 0 Å². The lowest BCUT2D eigenvalue weighted by atomic mass is 10.1. The highest BCUT2D eigenvalue weighted by molar-refractivity contribution is 6.30. The number of ether oxygens (including phenoxy) is 1. The highest BCUT2D eigenvalue weighted by atomic mass is 35.5. The molecule has 0 fully saturated rings. The molecule has 1 aromatic heterocycles. The fourth-order valence-electron chi connectivity index (χ4n) is 2.94. The number of carbonyl (C=O) groups excluding carboxylic acids is 1. The number of halogens is 1. The molecule has 0 saturated carbocycles. The quantitative estimate of drug-likeness (QED) is 0.516. The molecule has 29 heavy (non-hydrogen) atoms. The number of anilines is 1. The summed E-state index contributed by atoms with van der Waals surface area (Å²) in [7, 11) is 0. The van der Waals surface area contributed by atoms with Crippen LogP contribution in [-0.4, -0.2) is 28.7 Å². The Hall–Kier alpha value is -2.99. The monoisotopic (exact) mass is 412 g/mol. The summed E-state index contributed by atoms with van der Waals surface area (Å²) in [6, 6.07) is 14.6. The number of amides is 2. The number of benzene rings is 2. The van der Waals surface area contributed by atoms with E-state index in [4.69, 9.17) is 16.3 Å². The van der Waals surface area contributed by atoms with Crippen molar-refractivity contribution >= 4 is 23.3 Å². The van der Waals surface area contributed by atoms with Crippen molar-refractivity contribution in [3.8, 4) is 5.75 Å². The Balaban J connectivity index is 1.47. The molecular weight excluding hydrogens is 388 g/mol. The van der Waals surface area contributed by atoms with Gasteiger partial charge in [0, 0.05) is 35.6 Å². The van der Waals surface area contributed by atoms with E-state index in [1.165, 1.54) is 0 Å². The fourth-order valence-corrected chi connectivity index (χ4v) is 3.06. The number of nitrogens with one attached hydrogen (secondary N) is 2. The maximum Gasteiger partial charge on any atom is 0.319 e. The van der Waals surface area contributed by atoms with Crippen molar-refractivity contribution in [2.45, 2.75) is 26.3 Å². The number of imidazole rings is 1. The van der Waals surface area contributed by atoms with Gasteiger partial charge in [-0.25, -0.2) is 9.78 Å². The minimum atomic E-state index is -0.271. The van der Waals surface area contributed by atoms with Gasteiger partial charge < -0.3 is 19.9 Å². The standard InChI is InChI=1S/C22H25ClN4O2/c1-16(2)21-24-10-12-27(21)15-17-4-3-5-19(14-17)26-22(28)25-11-13-29-20-8-6-18(23)7-9-20/h3-10,12,14,16H,11,13,15H2,1-2H3,(H2,25,26,28). The molecule has 0 aliphatic rings. The van der Waals surface area contributed by atoms with Crippen molar-refractivity contribution < 1.29 is 9.53 Å². The lowest BCUT2D eigenvalue weighted by Gasteiger charge is -2.12. The highest BCUT2D eigenvalue weighted by Gasteiger charge is 2.08. The van der Waals surface area contributed by atoms with E-state index in [2.05, 4.69) is 34.0 Å². The number of hydrogen-bond acceptors (Lipinski definition) is 3. The van der Waals surface area contributed by atoms with Gasteiger partial charge in [0.15, 0.2) is 0 Å². The molecule has 0 atom stereocenters. The van der Waals surface area contributed by atoms with Crippen LogP contribution < -0.4 is 15.4 Å². The molecule has 152 valence electrons. The highest BCUT2D eigenvalue weighted by Crippen LogP contribution is 2.17. The smallest absolute Gasteiger partial charge is 0.319 e. The Kier molecular flexibility index (Phi) is 7.14. The molecule has 6 nitrogen and oxygen atoms in total. The SMILES string of the molecule is CC(C)c1nccn1Cc1cccc(NC(=O)NCCOc2ccc(Cl)cc2)c1. The van der Waals surface area contributed by atoms with Crippen molar-refractivity contribution in [2.75, 3.05) is 18.5 Å². The van der Waals surface area contributed by atoms with Crippen LogP contribution in [0, 0.1) is 0 Å². The summed E-state index contributed by atoms with van der Waals surface area (Å²) in [5, 5.41) is 6.30. The number of rotatable bonds is 8. The molecule has 1 heterocycles. The van der Waals surface area contributed by atoms with Crippen LogP contribution in [0.15, 0.2) is 60.9 Å². The second-order valence-electron chi connectivity index (χ2n) is 6.95. The Labute approximate surface area is 175 Å². The molecule has 0 saturated heterocycles. The molecule has 0 spiro atoms. The zero-order chi connectivity index (χ0) is 20.6. The first kappa shape index (κ1) is 20.7. The number of urea groups is 1. The van der Waals surface area contributed by atoms with E-state index >= 15 is 0 Å². The minimum absolute atomic E-state index is 0.271. The van der Waals surface area contributed by atoms with Crippen LogP contribution in [0.3, 0.4) is 0 Å². The third-order valence-corrected chi connectivity index (χ3v) is 4.52. The molecule has 3 aromatic rings. The molecular formula is C22H25ClN4O2. The molecule has 2 amide bonds. The number of aromatic nitrogens is 2. The van der Waals surface area contributed by atoms with E-state index in [0.29, 0.717) is 36.4 Å². The molecule has 2 N–H and O–H groups in total. The summed E-state index contributed by atoms with van der Waals surface area (Å²) in [5.74, 6) is 2.11. The third kappa shape index (κ3) is 6.26. The largest absolute Gasteiger partial charge is 0.492 e. The van der Waals surface area contributed by atoms with Crippen LogP contribution in [0.1, 0.15) is 31.2 Å². The van der Waals surface area contributed by atoms with Gasteiger partial charge in [-0.05, 0) is 42.0 Å². The Morgan fingerprint density at radius 3 is 2.76 bits per heavy atom. The summed E-state index contributed by atoms with van der Waals surface area (Å²) >= 11 is 5.84. The second kappa shape index (κ2) is 9.98. The third-order valence-electron chi connectivity index (χ3n) is 4.27. The van der Waals surface area contributed by atoms with Crippen LogP contribution in [0.25, 0.3) is 0 Å². The predicted molar refractivity (Wildman–Crippen MR) is 116 cm³/mol. The minimum Gasteiger partial charge on any atom is -0.492 e. The van der Waals surface area contributed by atoms with Gasteiger partial charge in [0.1, 0.15) is 18.2 Å². The number of nitrogens with zero attached hydrogens (tertiary/aromatic N) is 2. The van der Waals surface area contributed by atoms with E-state index in [0.717, 1.165) is 17.1 Å². The normalized spacial score (nSPS) is 10.8. The van der Waals surface area contributed by atoms with E-state index in [9.17, 15) is 4.79 Å². The molecule has 0 unspecified atom stereocenters. The van der Waals surface area contributed by atoms with Gasteiger partial charge in [-0.15, -0.1) is 0 Å². The van der Waals surface area contributed by atoms with Gasteiger partial charge in [0.05, 0.1) is 6.54 Å². The Morgan fingerprint density at radius 2 is 2.00 bits per heavy atom. The van der Waals surface area contributed by atoms with Crippen molar-refractivity contribution in [1.82, 2.24) is 14.9 Å². The number of carbonyl (C=O) groups is 1. The van der Waals surface area contributed by atoms with Gasteiger partial charge in [0.25, 0.3) is 0 Å². The molecule has 0 aliphatic heterocycles. The van der Waals surface area contributed by atoms with Crippen molar-refractivity contribution in [3.05, 3.63) is 77.3 Å². The van der Waals surface area contributed by atoms with Crippen molar-refractivity contribution in [3.63, 3.8) is 0 Å². The van der Waals surface area contributed by atoms with E-state index in [1.54, 1.807) is 24.3 Å². The molecule has 7 heteroatoms. The summed E-state index contributed by atoms with van der Waals surface area (Å²) < 4.78 is 7.68. The van der Waals surface area contributed by atoms with Gasteiger partial charge >= 0.3 is 6.03 Å². The van der Waals surface area contributed by atoms with Gasteiger partial charge in [-0.1, -0.05) is 37.6 Å². The average Bonchev–Trinajstić information content (AvgIpc) is 3.15. The molecule has 0 radical (unpaired) electrons. The summed E-state index contributed by atoms with van der Waals surface area (Å²) in [6.07, 6.45) is 3.79. The number of hydrogen-bond donors (Lipinski definition) is 2. The maximum absolute atomic E-state index is 12.1. The zero-order valence-electron chi connectivity index (χ0n) is 16.6. The average molecular weight is 413 g/mol. The molecule has 0 aliphatic carbocycles. The Morgan fingerprint density at radius 1 is 1.21 bits per heavy atom. The molecule has 0 bridgehead atoms. The van der Waals surface area contributed by atoms with Crippen molar-refractivity contribution in [1.29, 1.82) is 0 Å². The van der Waals surface area contributed by atoms with Gasteiger partial charge in [-0.3, -0.25) is 0 Å². The maximum atomic E-state index is 12.1. The first-order chi connectivity index (χ1) is 14.0. The predicted octanol–water partition coefficient (Wildman–Crippen LogP) is 4.91. The van der Waals surface area contributed by atoms with Crippen LogP contribution in [0.2, 0.25) is 5.02 Å². The topological polar surface area (TPSA) is 68.2 Å². The van der Waals surface area contributed by atoms with Crippen LogP contribution in [0.5, 0.6) is 5.75 Å². The summed E-state index contributed by atoms with van der Waals surface area (Å²) in [6.45, 7) is 5.71. The van der Waals surface area contributed by atoms with Crippen LogP contribution in [-0.2, 0) is 6.54 Å². The van der Waals surface area contributed by atoms with E-state index < -0.39 is 0 Å². The van der Waals surface area contributed by atoms with E-state index in [1.807, 2.05) is 36.7 Å².